The second-order valence-corrected chi connectivity index (χ2v) is 7.15. The van der Waals surface area contributed by atoms with Crippen LogP contribution in [-0.2, 0) is 25.2 Å². The quantitative estimate of drug-likeness (QED) is 0.431. The number of Topliss-reactive ketones (excluding diaryl/α,β-unsaturated/α-hetero) is 1. The highest BCUT2D eigenvalue weighted by molar-refractivity contribution is 6.32. The van der Waals surface area contributed by atoms with E-state index in [4.69, 9.17) is 25.8 Å². The monoisotopic (exact) mass is 454 g/mol. The second kappa shape index (κ2) is 9.01. The number of hydrogen-bond donors (Lipinski definition) is 0. The van der Waals surface area contributed by atoms with E-state index in [-0.39, 0.29) is 34.5 Å². The van der Waals surface area contributed by atoms with E-state index in [0.29, 0.717) is 17.7 Å². The van der Waals surface area contributed by atoms with Crippen LogP contribution in [0.15, 0.2) is 48.0 Å². The van der Waals surface area contributed by atoms with Crippen LogP contribution in [0, 0.1) is 5.92 Å². The van der Waals surface area contributed by atoms with Gasteiger partial charge in [0.05, 0.1) is 30.2 Å². The maximum Gasteiger partial charge on any atom is 0.416 e. The number of alkyl halides is 3. The molecule has 31 heavy (non-hydrogen) atoms. The SMILES string of the molecule is CCC1COC(c2ccc(Oc3ccc(C(F)(F)F)cc3Cl)cc2)=C(C(=O)OC)C1=O. The normalized spacial score (nSPS) is 16.7. The van der Waals surface area contributed by atoms with Crippen molar-refractivity contribution in [2.75, 3.05) is 13.7 Å². The van der Waals surface area contributed by atoms with E-state index in [1.165, 1.54) is 19.2 Å². The molecule has 1 heterocycles. The standard InChI is InChI=1S/C22H18ClF3O5/c1-3-12-11-30-20(18(19(12)27)21(28)29-2)13-4-7-15(8-5-13)31-17-9-6-14(10-16(17)23)22(24,25)26/h4-10,12H,3,11H2,1-2H3. The smallest absolute Gasteiger partial charge is 0.416 e. The molecule has 164 valence electrons. The molecule has 0 N–H and O–H groups in total. The molecule has 2 aromatic carbocycles. The minimum atomic E-state index is -4.51. The fraction of sp³-hybridized carbons (Fsp3) is 0.273. The molecule has 1 unspecified atom stereocenters. The highest BCUT2D eigenvalue weighted by Crippen LogP contribution is 2.37. The lowest BCUT2D eigenvalue weighted by Gasteiger charge is -2.25. The molecule has 1 atom stereocenters. The van der Waals surface area contributed by atoms with Gasteiger partial charge >= 0.3 is 12.1 Å². The molecule has 0 fully saturated rings. The predicted molar refractivity (Wildman–Crippen MR) is 107 cm³/mol. The minimum Gasteiger partial charge on any atom is -0.491 e. The Hall–Kier alpha value is -3.00. The number of carbonyl (C=O) groups excluding carboxylic acids is 2. The van der Waals surface area contributed by atoms with E-state index in [9.17, 15) is 22.8 Å². The topological polar surface area (TPSA) is 61.8 Å². The van der Waals surface area contributed by atoms with Crippen LogP contribution in [0.25, 0.3) is 5.76 Å². The molecule has 1 aliphatic heterocycles. The predicted octanol–water partition coefficient (Wildman–Crippen LogP) is 5.66. The Morgan fingerprint density at radius 2 is 1.87 bits per heavy atom. The summed E-state index contributed by atoms with van der Waals surface area (Å²) in [5.74, 6) is -1.10. The average molecular weight is 455 g/mol. The number of carbonyl (C=O) groups is 2. The molecule has 0 spiro atoms. The Kier molecular flexibility index (Phi) is 6.59. The largest absolute Gasteiger partial charge is 0.491 e. The lowest BCUT2D eigenvalue weighted by molar-refractivity contribution is -0.139. The van der Waals surface area contributed by atoms with Gasteiger partial charge in [0.25, 0.3) is 0 Å². The lowest BCUT2D eigenvalue weighted by Crippen LogP contribution is -2.31. The highest BCUT2D eigenvalue weighted by Gasteiger charge is 2.35. The zero-order chi connectivity index (χ0) is 22.8. The Bertz CT molecular complexity index is 1030. The molecule has 0 aromatic heterocycles. The van der Waals surface area contributed by atoms with E-state index < -0.39 is 23.6 Å². The Labute approximate surface area is 181 Å². The van der Waals surface area contributed by atoms with Crippen LogP contribution in [-0.4, -0.2) is 25.5 Å². The molecule has 0 radical (unpaired) electrons. The molecule has 2 aromatic rings. The summed E-state index contributed by atoms with van der Waals surface area (Å²) in [5.41, 5.74) is -0.582. The molecule has 0 aliphatic carbocycles. The van der Waals surface area contributed by atoms with Gasteiger partial charge in [0, 0.05) is 5.56 Å². The lowest BCUT2D eigenvalue weighted by atomic mass is 9.91. The van der Waals surface area contributed by atoms with E-state index in [1.54, 1.807) is 12.1 Å². The van der Waals surface area contributed by atoms with E-state index in [1.807, 2.05) is 6.92 Å². The third-order valence-corrected chi connectivity index (χ3v) is 5.05. The average Bonchev–Trinajstić information content (AvgIpc) is 2.74. The third-order valence-electron chi connectivity index (χ3n) is 4.76. The van der Waals surface area contributed by atoms with Gasteiger partial charge in [-0.25, -0.2) is 4.79 Å². The first-order valence-electron chi connectivity index (χ1n) is 9.30. The number of benzene rings is 2. The molecule has 0 saturated carbocycles. The first kappa shape index (κ1) is 22.7. The van der Waals surface area contributed by atoms with Crippen molar-refractivity contribution >= 4 is 29.1 Å². The molecular weight excluding hydrogens is 437 g/mol. The summed E-state index contributed by atoms with van der Waals surface area (Å²) in [5, 5.41) is -0.193. The fourth-order valence-corrected chi connectivity index (χ4v) is 3.25. The van der Waals surface area contributed by atoms with Crippen molar-refractivity contribution in [3.05, 3.63) is 64.2 Å². The van der Waals surface area contributed by atoms with Gasteiger partial charge in [-0.2, -0.15) is 13.2 Å². The van der Waals surface area contributed by atoms with E-state index in [0.717, 1.165) is 18.2 Å². The summed E-state index contributed by atoms with van der Waals surface area (Å²) in [6, 6.07) is 8.94. The van der Waals surface area contributed by atoms with Crippen LogP contribution < -0.4 is 4.74 Å². The van der Waals surface area contributed by atoms with E-state index in [2.05, 4.69) is 0 Å². The molecule has 9 heteroatoms. The van der Waals surface area contributed by atoms with Crippen LogP contribution in [0.5, 0.6) is 11.5 Å². The summed E-state index contributed by atoms with van der Waals surface area (Å²) in [7, 11) is 1.18. The van der Waals surface area contributed by atoms with Gasteiger partial charge < -0.3 is 14.2 Å². The third kappa shape index (κ3) is 4.85. The van der Waals surface area contributed by atoms with E-state index >= 15 is 0 Å². The van der Waals surface area contributed by atoms with Gasteiger partial charge in [0.2, 0.25) is 0 Å². The summed E-state index contributed by atoms with van der Waals surface area (Å²) in [6.45, 7) is 1.97. The number of rotatable bonds is 5. The maximum absolute atomic E-state index is 12.8. The Morgan fingerprint density at radius 3 is 2.42 bits per heavy atom. The zero-order valence-electron chi connectivity index (χ0n) is 16.6. The van der Waals surface area contributed by atoms with Crippen LogP contribution in [0.4, 0.5) is 13.2 Å². The maximum atomic E-state index is 12.8. The number of hydrogen-bond acceptors (Lipinski definition) is 5. The number of methoxy groups -OCH3 is 1. The van der Waals surface area contributed by atoms with Gasteiger partial charge in [0.15, 0.2) is 5.78 Å². The molecule has 3 rings (SSSR count). The Balaban J connectivity index is 1.87. The zero-order valence-corrected chi connectivity index (χ0v) is 17.3. The molecule has 0 saturated heterocycles. The van der Waals surface area contributed by atoms with Gasteiger partial charge in [-0.3, -0.25) is 4.79 Å². The number of ether oxygens (including phenoxy) is 3. The summed E-state index contributed by atoms with van der Waals surface area (Å²) < 4.78 is 54.3. The van der Waals surface area contributed by atoms with Crippen LogP contribution >= 0.6 is 11.6 Å². The summed E-state index contributed by atoms with van der Waals surface area (Å²) >= 11 is 5.91. The first-order valence-corrected chi connectivity index (χ1v) is 9.68. The van der Waals surface area contributed by atoms with Gasteiger partial charge in [-0.05, 0) is 48.9 Å². The van der Waals surface area contributed by atoms with Gasteiger partial charge in [-0.1, -0.05) is 18.5 Å². The Morgan fingerprint density at radius 1 is 1.19 bits per heavy atom. The first-order chi connectivity index (χ1) is 14.7. The number of ketones is 1. The van der Waals surface area contributed by atoms with Gasteiger partial charge in [-0.15, -0.1) is 0 Å². The van der Waals surface area contributed by atoms with Crippen molar-refractivity contribution < 1.29 is 37.0 Å². The molecule has 0 bridgehead atoms. The van der Waals surface area contributed by atoms with Crippen LogP contribution in [0.3, 0.4) is 0 Å². The minimum absolute atomic E-state index is 0.0479. The van der Waals surface area contributed by atoms with Crippen molar-refractivity contribution in [2.24, 2.45) is 5.92 Å². The molecule has 5 nitrogen and oxygen atoms in total. The van der Waals surface area contributed by atoms with Crippen molar-refractivity contribution in [3.8, 4) is 11.5 Å². The molecular formula is C22H18ClF3O5. The van der Waals surface area contributed by atoms with Crippen molar-refractivity contribution in [3.63, 3.8) is 0 Å². The number of halogens is 4. The van der Waals surface area contributed by atoms with Crippen molar-refractivity contribution in [2.45, 2.75) is 19.5 Å². The van der Waals surface area contributed by atoms with Crippen molar-refractivity contribution in [1.82, 2.24) is 0 Å². The van der Waals surface area contributed by atoms with Gasteiger partial charge in [0.1, 0.15) is 22.8 Å². The van der Waals surface area contributed by atoms with Crippen molar-refractivity contribution in [1.29, 1.82) is 0 Å². The molecule has 0 amide bonds. The fourth-order valence-electron chi connectivity index (χ4n) is 3.04. The van der Waals surface area contributed by atoms with Crippen LogP contribution in [0.1, 0.15) is 24.5 Å². The second-order valence-electron chi connectivity index (χ2n) is 6.75. The highest BCUT2D eigenvalue weighted by atomic mass is 35.5. The van der Waals surface area contributed by atoms with Crippen LogP contribution in [0.2, 0.25) is 5.02 Å². The summed E-state index contributed by atoms with van der Waals surface area (Å²) in [6.07, 6.45) is -3.99. The summed E-state index contributed by atoms with van der Waals surface area (Å²) in [4.78, 5) is 24.8. The number of esters is 1. The molecule has 1 aliphatic rings.